The number of benzene rings is 1. The summed E-state index contributed by atoms with van der Waals surface area (Å²) in [6, 6.07) is 6.70. The summed E-state index contributed by atoms with van der Waals surface area (Å²) in [6.45, 7) is -0.181. The van der Waals surface area contributed by atoms with E-state index in [-0.39, 0.29) is 13.2 Å². The molecule has 1 aromatic carbocycles. The third kappa shape index (κ3) is 3.89. The number of imide groups is 1. The van der Waals surface area contributed by atoms with E-state index >= 15 is 0 Å². The van der Waals surface area contributed by atoms with Crippen molar-refractivity contribution in [2.75, 3.05) is 36.7 Å². The topological polar surface area (TPSA) is 87.1 Å². The van der Waals surface area contributed by atoms with E-state index in [0.29, 0.717) is 32.8 Å². The van der Waals surface area contributed by atoms with Crippen LogP contribution in [0.5, 0.6) is 5.75 Å². The van der Waals surface area contributed by atoms with Gasteiger partial charge in [-0.2, -0.15) is 0 Å². The summed E-state index contributed by atoms with van der Waals surface area (Å²) in [6.07, 6.45) is 0. The first-order valence-corrected chi connectivity index (χ1v) is 8.85. The summed E-state index contributed by atoms with van der Waals surface area (Å²) < 4.78 is 5.13. The Balaban J connectivity index is 2.33. The van der Waals surface area contributed by atoms with Gasteiger partial charge in [-0.1, -0.05) is 6.07 Å². The van der Waals surface area contributed by atoms with Crippen LogP contribution in [0.2, 0.25) is 0 Å². The SMILES string of the molecule is COc1cccc(N2C(=O)C(SCCO)=C(SCCO)C2=O)c1. The summed E-state index contributed by atoms with van der Waals surface area (Å²) in [7, 11) is 1.51. The molecule has 1 aliphatic heterocycles. The predicted octanol–water partition coefficient (Wildman–Crippen LogP) is 1.23. The number of ether oxygens (including phenoxy) is 1. The summed E-state index contributed by atoms with van der Waals surface area (Å²) in [5.74, 6) is 0.362. The van der Waals surface area contributed by atoms with Crippen LogP contribution in [0.4, 0.5) is 5.69 Å². The summed E-state index contributed by atoms with van der Waals surface area (Å²) >= 11 is 2.29. The number of hydrogen-bond acceptors (Lipinski definition) is 7. The zero-order chi connectivity index (χ0) is 16.8. The maximum absolute atomic E-state index is 12.6. The lowest BCUT2D eigenvalue weighted by Gasteiger charge is -2.15. The molecule has 124 valence electrons. The highest BCUT2D eigenvalue weighted by atomic mass is 32.2. The highest BCUT2D eigenvalue weighted by Gasteiger charge is 2.39. The largest absolute Gasteiger partial charge is 0.497 e. The number of nitrogens with zero attached hydrogens (tertiary/aromatic N) is 1. The van der Waals surface area contributed by atoms with E-state index < -0.39 is 11.8 Å². The van der Waals surface area contributed by atoms with Crippen molar-refractivity contribution in [2.24, 2.45) is 0 Å². The third-order valence-corrected chi connectivity index (χ3v) is 5.23. The number of rotatable bonds is 8. The molecule has 0 saturated heterocycles. The van der Waals surface area contributed by atoms with Gasteiger partial charge in [-0.25, -0.2) is 4.90 Å². The Labute approximate surface area is 142 Å². The van der Waals surface area contributed by atoms with Crippen LogP contribution in [-0.4, -0.2) is 53.9 Å². The highest BCUT2D eigenvalue weighted by Crippen LogP contribution is 2.39. The van der Waals surface area contributed by atoms with Gasteiger partial charge in [0, 0.05) is 17.6 Å². The zero-order valence-corrected chi connectivity index (χ0v) is 14.2. The van der Waals surface area contributed by atoms with E-state index in [1.54, 1.807) is 24.3 Å². The maximum atomic E-state index is 12.6. The number of methoxy groups -OCH3 is 1. The molecule has 0 fully saturated rings. The van der Waals surface area contributed by atoms with Crippen LogP contribution in [0.15, 0.2) is 34.1 Å². The van der Waals surface area contributed by atoms with Crippen molar-refractivity contribution in [3.05, 3.63) is 34.1 Å². The average Bonchev–Trinajstić information content (AvgIpc) is 2.80. The fraction of sp³-hybridized carbons (Fsp3) is 0.333. The van der Waals surface area contributed by atoms with E-state index in [1.165, 1.54) is 7.11 Å². The molecule has 2 N–H and O–H groups in total. The summed E-state index contributed by atoms with van der Waals surface area (Å²) in [5, 5.41) is 18.0. The molecule has 1 aliphatic rings. The lowest BCUT2D eigenvalue weighted by molar-refractivity contribution is -0.120. The Hall–Kier alpha value is -1.48. The van der Waals surface area contributed by atoms with Gasteiger partial charge >= 0.3 is 0 Å². The first kappa shape index (κ1) is 17.9. The van der Waals surface area contributed by atoms with Crippen LogP contribution in [0.25, 0.3) is 0 Å². The van der Waals surface area contributed by atoms with Crippen LogP contribution in [0.3, 0.4) is 0 Å². The molecule has 8 heteroatoms. The average molecular weight is 355 g/mol. The number of carbonyl (C=O) groups excluding carboxylic acids is 2. The molecule has 0 unspecified atom stereocenters. The molecular formula is C15H17NO5S2. The molecule has 2 rings (SSSR count). The van der Waals surface area contributed by atoms with Gasteiger partial charge in [0.25, 0.3) is 11.8 Å². The quantitative estimate of drug-likeness (QED) is 0.678. The number of thioether (sulfide) groups is 2. The molecule has 6 nitrogen and oxygen atoms in total. The number of carbonyl (C=O) groups is 2. The lowest BCUT2D eigenvalue weighted by Crippen LogP contribution is -2.31. The zero-order valence-electron chi connectivity index (χ0n) is 12.5. The summed E-state index contributed by atoms with van der Waals surface area (Å²) in [4.78, 5) is 27.0. The molecule has 1 aromatic rings. The third-order valence-electron chi connectivity index (χ3n) is 2.99. The Morgan fingerprint density at radius 2 is 1.61 bits per heavy atom. The molecule has 0 spiro atoms. The second-order valence-electron chi connectivity index (χ2n) is 4.45. The Morgan fingerprint density at radius 3 is 2.09 bits per heavy atom. The first-order chi connectivity index (χ1) is 11.1. The van der Waals surface area contributed by atoms with E-state index in [0.717, 1.165) is 28.4 Å². The van der Waals surface area contributed by atoms with Gasteiger partial charge < -0.3 is 14.9 Å². The molecule has 2 amide bonds. The molecule has 0 bridgehead atoms. The number of hydrogen-bond donors (Lipinski definition) is 2. The predicted molar refractivity (Wildman–Crippen MR) is 91.6 cm³/mol. The van der Waals surface area contributed by atoms with Crippen molar-refractivity contribution in [3.63, 3.8) is 0 Å². The molecule has 0 atom stereocenters. The van der Waals surface area contributed by atoms with Crippen LogP contribution in [0, 0.1) is 0 Å². The first-order valence-electron chi connectivity index (χ1n) is 6.88. The minimum atomic E-state index is -0.415. The summed E-state index contributed by atoms with van der Waals surface area (Å²) in [5.41, 5.74) is 0.432. The Kier molecular flexibility index (Phi) is 6.52. The number of anilines is 1. The van der Waals surface area contributed by atoms with Crippen molar-refractivity contribution in [1.82, 2.24) is 0 Å². The number of aliphatic hydroxyl groups excluding tert-OH is 2. The van der Waals surface area contributed by atoms with Crippen molar-refractivity contribution in [1.29, 1.82) is 0 Å². The van der Waals surface area contributed by atoms with Crippen LogP contribution >= 0.6 is 23.5 Å². The van der Waals surface area contributed by atoms with E-state index in [2.05, 4.69) is 0 Å². The molecule has 0 aliphatic carbocycles. The van der Waals surface area contributed by atoms with Gasteiger partial charge in [-0.15, -0.1) is 23.5 Å². The van der Waals surface area contributed by atoms with Crippen LogP contribution in [0.1, 0.15) is 0 Å². The standard InChI is InChI=1S/C15H17NO5S2/c1-21-11-4-2-3-10(9-11)16-14(19)12(22-7-5-17)13(15(16)20)23-8-6-18/h2-4,9,17-18H,5-8H2,1H3. The molecular weight excluding hydrogens is 338 g/mol. The smallest absolute Gasteiger partial charge is 0.273 e. The molecule has 1 heterocycles. The molecule has 23 heavy (non-hydrogen) atoms. The minimum absolute atomic E-state index is 0.0905. The molecule has 0 radical (unpaired) electrons. The second-order valence-corrected chi connectivity index (χ2v) is 6.66. The minimum Gasteiger partial charge on any atom is -0.497 e. The van der Waals surface area contributed by atoms with Gasteiger partial charge in [0.1, 0.15) is 5.75 Å². The maximum Gasteiger partial charge on any atom is 0.273 e. The fourth-order valence-electron chi connectivity index (χ4n) is 2.02. The highest BCUT2D eigenvalue weighted by molar-refractivity contribution is 8.08. The Bertz CT molecular complexity index is 602. The van der Waals surface area contributed by atoms with E-state index in [1.807, 2.05) is 0 Å². The lowest BCUT2D eigenvalue weighted by atomic mass is 10.2. The van der Waals surface area contributed by atoms with Crippen LogP contribution < -0.4 is 9.64 Å². The van der Waals surface area contributed by atoms with E-state index in [9.17, 15) is 9.59 Å². The van der Waals surface area contributed by atoms with Crippen molar-refractivity contribution < 1.29 is 24.5 Å². The van der Waals surface area contributed by atoms with Gasteiger partial charge in [0.2, 0.25) is 0 Å². The second kappa shape index (κ2) is 8.39. The van der Waals surface area contributed by atoms with Crippen molar-refractivity contribution in [2.45, 2.75) is 0 Å². The van der Waals surface area contributed by atoms with Gasteiger partial charge in [0.15, 0.2) is 0 Å². The van der Waals surface area contributed by atoms with Crippen molar-refractivity contribution >= 4 is 41.0 Å². The van der Waals surface area contributed by atoms with Crippen LogP contribution in [-0.2, 0) is 9.59 Å². The number of amides is 2. The normalized spacial score (nSPS) is 14.8. The number of aliphatic hydroxyl groups is 2. The molecule has 0 saturated carbocycles. The van der Waals surface area contributed by atoms with Gasteiger partial charge in [0.05, 0.1) is 35.8 Å². The Morgan fingerprint density at radius 1 is 1.04 bits per heavy atom. The van der Waals surface area contributed by atoms with Gasteiger partial charge in [-0.05, 0) is 12.1 Å². The van der Waals surface area contributed by atoms with Crippen molar-refractivity contribution in [3.8, 4) is 5.75 Å². The fourth-order valence-corrected chi connectivity index (χ4v) is 3.83. The van der Waals surface area contributed by atoms with Gasteiger partial charge in [-0.3, -0.25) is 9.59 Å². The van der Waals surface area contributed by atoms with E-state index in [4.69, 9.17) is 14.9 Å². The monoisotopic (exact) mass is 355 g/mol. The molecule has 0 aromatic heterocycles.